The highest BCUT2D eigenvalue weighted by atomic mass is 32.2. The second kappa shape index (κ2) is 11.1. The highest BCUT2D eigenvalue weighted by molar-refractivity contribution is 8.00. The molecule has 4 heterocycles. The zero-order valence-corrected chi connectivity index (χ0v) is 24.8. The van der Waals surface area contributed by atoms with Crippen molar-refractivity contribution in [2.24, 2.45) is 0 Å². The zero-order chi connectivity index (χ0) is 28.7. The molecule has 3 aromatic rings. The molecule has 1 fully saturated rings. The SMILES string of the molecule is Cc1ccc(-n2nc(C(C)(C)C)c3c2N(CC(=O)NCC2CCCO2)C(=O)CSC3c2ccc3c(c2)OCO3)cc1. The summed E-state index contributed by atoms with van der Waals surface area (Å²) in [5.41, 5.74) is 4.42. The average molecular weight is 577 g/mol. The molecule has 0 saturated carbocycles. The molecule has 1 N–H and O–H groups in total. The molecule has 3 aliphatic rings. The number of nitrogens with zero attached hydrogens (tertiary/aromatic N) is 3. The molecule has 0 radical (unpaired) electrons. The number of carbonyl (C=O) groups is 2. The minimum absolute atomic E-state index is 0.0193. The van der Waals surface area contributed by atoms with E-state index in [1.54, 1.807) is 16.7 Å². The molecular formula is C31H36N4O5S. The second-order valence-electron chi connectivity index (χ2n) is 11.8. The standard InChI is InChI=1S/C31H36N4O5S/c1-19-7-10-21(11-8-19)35-30-27(29(33-35)31(2,3)4)28(20-9-12-23-24(14-20)40-18-39-23)41-17-26(37)34(30)16-25(36)32-15-22-6-5-13-38-22/h7-12,14,22,28H,5-6,13,15-18H2,1-4H3,(H,32,36). The number of carbonyl (C=O) groups excluding carboxylic acids is 2. The van der Waals surface area contributed by atoms with E-state index in [4.69, 9.17) is 19.3 Å². The van der Waals surface area contributed by atoms with Gasteiger partial charge in [-0.05, 0) is 49.6 Å². The van der Waals surface area contributed by atoms with Crippen LogP contribution in [0, 0.1) is 6.92 Å². The van der Waals surface area contributed by atoms with Gasteiger partial charge in [0, 0.05) is 24.1 Å². The van der Waals surface area contributed by atoms with Crippen molar-refractivity contribution in [2.45, 2.75) is 57.3 Å². The van der Waals surface area contributed by atoms with Crippen LogP contribution in [0.2, 0.25) is 0 Å². The fourth-order valence-electron chi connectivity index (χ4n) is 5.51. The van der Waals surface area contributed by atoms with E-state index < -0.39 is 0 Å². The van der Waals surface area contributed by atoms with Crippen LogP contribution in [0.5, 0.6) is 11.5 Å². The third kappa shape index (κ3) is 5.55. The molecule has 1 aromatic heterocycles. The fourth-order valence-corrected chi connectivity index (χ4v) is 6.70. The van der Waals surface area contributed by atoms with Gasteiger partial charge in [0.2, 0.25) is 18.6 Å². The van der Waals surface area contributed by atoms with Gasteiger partial charge in [0.25, 0.3) is 0 Å². The Labute approximate surface area is 244 Å². The van der Waals surface area contributed by atoms with Crippen LogP contribution < -0.4 is 19.7 Å². The number of thioether (sulfide) groups is 1. The lowest BCUT2D eigenvalue weighted by molar-refractivity contribution is -0.123. The van der Waals surface area contributed by atoms with Gasteiger partial charge in [0.15, 0.2) is 11.5 Å². The van der Waals surface area contributed by atoms with Crippen molar-refractivity contribution in [3.8, 4) is 17.2 Å². The van der Waals surface area contributed by atoms with Gasteiger partial charge in [-0.25, -0.2) is 4.68 Å². The number of ether oxygens (including phenoxy) is 3. The summed E-state index contributed by atoms with van der Waals surface area (Å²) >= 11 is 1.55. The third-order valence-corrected chi connectivity index (χ3v) is 8.88. The molecule has 0 aliphatic carbocycles. The summed E-state index contributed by atoms with van der Waals surface area (Å²) in [4.78, 5) is 28.7. The first-order valence-corrected chi connectivity index (χ1v) is 15.1. The minimum atomic E-state index is -0.337. The topological polar surface area (TPSA) is 94.9 Å². The lowest BCUT2D eigenvalue weighted by Gasteiger charge is -2.25. The quantitative estimate of drug-likeness (QED) is 0.456. The molecule has 2 unspecified atom stereocenters. The van der Waals surface area contributed by atoms with Crippen LogP contribution in [0.25, 0.3) is 5.69 Å². The van der Waals surface area contributed by atoms with E-state index >= 15 is 0 Å². The Bertz CT molecular complexity index is 1460. The number of anilines is 1. The van der Waals surface area contributed by atoms with Crippen molar-refractivity contribution in [1.82, 2.24) is 15.1 Å². The van der Waals surface area contributed by atoms with E-state index in [-0.39, 0.29) is 47.7 Å². The summed E-state index contributed by atoms with van der Waals surface area (Å²) in [6.45, 7) is 9.66. The van der Waals surface area contributed by atoms with E-state index in [2.05, 4.69) is 26.1 Å². The van der Waals surface area contributed by atoms with Gasteiger partial charge in [0.05, 0.1) is 28.5 Å². The number of hydrogen-bond donors (Lipinski definition) is 1. The van der Waals surface area contributed by atoms with Gasteiger partial charge in [-0.1, -0.05) is 44.5 Å². The van der Waals surface area contributed by atoms with Crippen LogP contribution in [-0.4, -0.2) is 59.9 Å². The maximum absolute atomic E-state index is 13.8. The third-order valence-electron chi connectivity index (χ3n) is 7.63. The molecular weight excluding hydrogens is 540 g/mol. The first-order valence-electron chi connectivity index (χ1n) is 14.1. The number of fused-ring (bicyclic) bond motifs is 2. The van der Waals surface area contributed by atoms with Crippen molar-refractivity contribution in [3.05, 3.63) is 64.8 Å². The van der Waals surface area contributed by atoms with E-state index in [0.29, 0.717) is 23.9 Å². The molecule has 2 atom stereocenters. The Morgan fingerprint density at radius 1 is 1.12 bits per heavy atom. The lowest BCUT2D eigenvalue weighted by Crippen LogP contribution is -2.44. The predicted molar refractivity (Wildman–Crippen MR) is 158 cm³/mol. The Balaban J connectivity index is 1.48. The minimum Gasteiger partial charge on any atom is -0.454 e. The monoisotopic (exact) mass is 576 g/mol. The van der Waals surface area contributed by atoms with Gasteiger partial charge < -0.3 is 19.5 Å². The van der Waals surface area contributed by atoms with Crippen molar-refractivity contribution in [1.29, 1.82) is 0 Å². The molecule has 41 heavy (non-hydrogen) atoms. The number of aromatic nitrogens is 2. The Hall–Kier alpha value is -3.50. The number of benzene rings is 2. The van der Waals surface area contributed by atoms with E-state index in [1.807, 2.05) is 54.1 Å². The van der Waals surface area contributed by atoms with Gasteiger partial charge in [-0.3, -0.25) is 14.5 Å². The summed E-state index contributed by atoms with van der Waals surface area (Å²) in [5, 5.41) is 7.94. The first kappa shape index (κ1) is 27.7. The number of nitrogens with one attached hydrogen (secondary N) is 1. The molecule has 6 rings (SSSR count). The maximum atomic E-state index is 13.8. The summed E-state index contributed by atoms with van der Waals surface area (Å²) < 4.78 is 18.8. The van der Waals surface area contributed by atoms with E-state index in [1.165, 1.54) is 0 Å². The molecule has 216 valence electrons. The van der Waals surface area contributed by atoms with Crippen LogP contribution in [0.15, 0.2) is 42.5 Å². The first-order chi connectivity index (χ1) is 19.7. The molecule has 2 aromatic carbocycles. The molecule has 3 aliphatic heterocycles. The molecule has 10 heteroatoms. The highest BCUT2D eigenvalue weighted by Crippen LogP contribution is 2.49. The average Bonchev–Trinajstić information content (AvgIpc) is 3.69. The normalized spacial score (nSPS) is 20.2. The van der Waals surface area contributed by atoms with Crippen LogP contribution in [-0.2, 0) is 19.7 Å². The van der Waals surface area contributed by atoms with Gasteiger partial charge in [-0.2, -0.15) is 5.10 Å². The van der Waals surface area contributed by atoms with Crippen molar-refractivity contribution >= 4 is 29.4 Å². The molecule has 0 spiro atoms. The number of hydrogen-bond acceptors (Lipinski definition) is 7. The number of rotatable bonds is 6. The fraction of sp³-hybridized carbons (Fsp3) is 0.452. The summed E-state index contributed by atoms with van der Waals surface area (Å²) in [6.07, 6.45) is 1.94. The molecule has 9 nitrogen and oxygen atoms in total. The highest BCUT2D eigenvalue weighted by Gasteiger charge is 2.40. The summed E-state index contributed by atoms with van der Waals surface area (Å²) in [7, 11) is 0. The number of amides is 2. The smallest absolute Gasteiger partial charge is 0.240 e. The van der Waals surface area contributed by atoms with Crippen LogP contribution in [0.3, 0.4) is 0 Å². The maximum Gasteiger partial charge on any atom is 0.240 e. The van der Waals surface area contributed by atoms with E-state index in [0.717, 1.165) is 47.5 Å². The van der Waals surface area contributed by atoms with Crippen molar-refractivity contribution < 1.29 is 23.8 Å². The largest absolute Gasteiger partial charge is 0.454 e. The van der Waals surface area contributed by atoms with E-state index in [9.17, 15) is 9.59 Å². The Morgan fingerprint density at radius 2 is 1.90 bits per heavy atom. The van der Waals surface area contributed by atoms with Crippen LogP contribution in [0.4, 0.5) is 5.82 Å². The number of aryl methyl sites for hydroxylation is 1. The lowest BCUT2D eigenvalue weighted by atomic mass is 9.87. The molecule has 0 bridgehead atoms. The molecule has 1 saturated heterocycles. The Kier molecular flexibility index (Phi) is 7.46. The van der Waals surface area contributed by atoms with Gasteiger partial charge in [-0.15, -0.1) is 11.8 Å². The van der Waals surface area contributed by atoms with Crippen molar-refractivity contribution in [2.75, 3.05) is 37.1 Å². The van der Waals surface area contributed by atoms with Crippen molar-refractivity contribution in [3.63, 3.8) is 0 Å². The predicted octanol–water partition coefficient (Wildman–Crippen LogP) is 4.67. The van der Waals surface area contributed by atoms with Crippen LogP contribution in [0.1, 0.15) is 61.2 Å². The van der Waals surface area contributed by atoms with Gasteiger partial charge in [0.1, 0.15) is 12.4 Å². The van der Waals surface area contributed by atoms with Crippen LogP contribution >= 0.6 is 11.8 Å². The molecule has 2 amide bonds. The summed E-state index contributed by atoms with van der Waals surface area (Å²) in [5.74, 6) is 1.88. The van der Waals surface area contributed by atoms with Gasteiger partial charge >= 0.3 is 0 Å². The zero-order valence-electron chi connectivity index (χ0n) is 23.9. The second-order valence-corrected chi connectivity index (χ2v) is 12.9. The Morgan fingerprint density at radius 3 is 2.63 bits per heavy atom. The summed E-state index contributed by atoms with van der Waals surface area (Å²) in [6, 6.07) is 14.0.